The van der Waals surface area contributed by atoms with Crippen LogP contribution in [0.3, 0.4) is 0 Å². The van der Waals surface area contributed by atoms with Gasteiger partial charge in [0.15, 0.2) is 5.11 Å². The first-order valence-electron chi connectivity index (χ1n) is 6.21. The Kier molecular flexibility index (Phi) is 5.76. The molecule has 4 nitrogen and oxygen atoms in total. The van der Waals surface area contributed by atoms with Crippen LogP contribution in [0.25, 0.3) is 0 Å². The molecule has 0 aliphatic heterocycles. The van der Waals surface area contributed by atoms with Gasteiger partial charge in [-0.3, -0.25) is 0 Å². The normalized spacial score (nSPS) is 9.95. The smallest absolute Gasteiger partial charge is 0.337 e. The van der Waals surface area contributed by atoms with Gasteiger partial charge < -0.3 is 15.4 Å². The van der Waals surface area contributed by atoms with E-state index in [2.05, 4.69) is 31.3 Å². The summed E-state index contributed by atoms with van der Waals surface area (Å²) in [5.41, 5.74) is 1.93. The van der Waals surface area contributed by atoms with Gasteiger partial charge in [-0.05, 0) is 54.7 Å². The number of benzene rings is 2. The number of hydrogen-bond acceptors (Lipinski definition) is 3. The quantitative estimate of drug-likeness (QED) is 0.579. The predicted octanol–water partition coefficient (Wildman–Crippen LogP) is 4.70. The molecule has 2 aromatic carbocycles. The van der Waals surface area contributed by atoms with Gasteiger partial charge in [-0.2, -0.15) is 0 Å². The molecular formula is C15H12BrClN2O2S. The van der Waals surface area contributed by atoms with E-state index in [0.717, 1.165) is 10.2 Å². The van der Waals surface area contributed by atoms with E-state index < -0.39 is 0 Å². The number of hydrogen-bond donors (Lipinski definition) is 2. The number of methoxy groups -OCH3 is 1. The van der Waals surface area contributed by atoms with E-state index in [4.69, 9.17) is 23.8 Å². The Balaban J connectivity index is 2.01. The summed E-state index contributed by atoms with van der Waals surface area (Å²) in [7, 11) is 1.34. The summed E-state index contributed by atoms with van der Waals surface area (Å²) in [6.45, 7) is 0. The van der Waals surface area contributed by atoms with Crippen molar-refractivity contribution in [2.24, 2.45) is 0 Å². The average Bonchev–Trinajstić information content (AvgIpc) is 2.50. The van der Waals surface area contributed by atoms with Crippen LogP contribution >= 0.6 is 39.7 Å². The number of carbonyl (C=O) groups is 1. The largest absolute Gasteiger partial charge is 0.465 e. The van der Waals surface area contributed by atoms with Crippen molar-refractivity contribution in [1.29, 1.82) is 0 Å². The summed E-state index contributed by atoms with van der Waals surface area (Å²) in [5, 5.41) is 6.98. The van der Waals surface area contributed by atoms with E-state index in [1.807, 2.05) is 12.1 Å². The van der Waals surface area contributed by atoms with Gasteiger partial charge >= 0.3 is 5.97 Å². The number of anilines is 2. The van der Waals surface area contributed by atoms with Crippen molar-refractivity contribution in [2.75, 3.05) is 17.7 Å². The maximum Gasteiger partial charge on any atom is 0.337 e. The molecule has 2 aromatic rings. The molecule has 2 rings (SSSR count). The lowest BCUT2D eigenvalue weighted by Gasteiger charge is -2.12. The minimum absolute atomic E-state index is 0.381. The third-order valence-electron chi connectivity index (χ3n) is 2.74. The first-order chi connectivity index (χ1) is 10.5. The molecule has 0 atom stereocenters. The lowest BCUT2D eigenvalue weighted by Crippen LogP contribution is -2.19. The Hall–Kier alpha value is -1.63. The highest BCUT2D eigenvalue weighted by atomic mass is 79.9. The second-order valence-electron chi connectivity index (χ2n) is 4.27. The van der Waals surface area contributed by atoms with E-state index in [1.54, 1.807) is 30.3 Å². The number of nitrogens with one attached hydrogen (secondary N) is 2. The molecular weight excluding hydrogens is 388 g/mol. The third kappa shape index (κ3) is 4.43. The summed E-state index contributed by atoms with van der Waals surface area (Å²) < 4.78 is 5.53. The highest BCUT2D eigenvalue weighted by molar-refractivity contribution is 9.10. The molecule has 0 amide bonds. The van der Waals surface area contributed by atoms with Gasteiger partial charge in [-0.15, -0.1) is 0 Å². The Morgan fingerprint density at radius 3 is 2.45 bits per heavy atom. The second kappa shape index (κ2) is 7.58. The number of ether oxygens (including phenoxy) is 1. The fourth-order valence-corrected chi connectivity index (χ4v) is 2.63. The van der Waals surface area contributed by atoms with Crippen LogP contribution in [-0.4, -0.2) is 18.2 Å². The molecule has 0 saturated carbocycles. The molecule has 0 aliphatic rings. The van der Waals surface area contributed by atoms with Crippen molar-refractivity contribution < 1.29 is 9.53 Å². The lowest BCUT2D eigenvalue weighted by molar-refractivity contribution is 0.0601. The fraction of sp³-hybridized carbons (Fsp3) is 0.0667. The molecule has 0 unspecified atom stereocenters. The summed E-state index contributed by atoms with van der Waals surface area (Å²) >= 11 is 14.7. The molecule has 0 saturated heterocycles. The van der Waals surface area contributed by atoms with Crippen LogP contribution in [0.5, 0.6) is 0 Å². The topological polar surface area (TPSA) is 50.4 Å². The minimum Gasteiger partial charge on any atom is -0.465 e. The maximum absolute atomic E-state index is 11.4. The van der Waals surface area contributed by atoms with Gasteiger partial charge in [-0.25, -0.2) is 4.79 Å². The van der Waals surface area contributed by atoms with E-state index in [1.165, 1.54) is 7.11 Å². The maximum atomic E-state index is 11.4. The molecule has 0 fully saturated rings. The molecule has 0 heterocycles. The molecule has 0 radical (unpaired) electrons. The zero-order valence-corrected chi connectivity index (χ0v) is 14.7. The molecule has 22 heavy (non-hydrogen) atoms. The Bertz CT molecular complexity index is 707. The first kappa shape index (κ1) is 16.7. The van der Waals surface area contributed by atoms with Crippen molar-refractivity contribution in [2.45, 2.75) is 0 Å². The van der Waals surface area contributed by atoms with Crippen LogP contribution in [0, 0.1) is 0 Å². The van der Waals surface area contributed by atoms with Crippen LogP contribution in [0.2, 0.25) is 5.02 Å². The van der Waals surface area contributed by atoms with Crippen LogP contribution < -0.4 is 10.6 Å². The molecule has 0 bridgehead atoms. The zero-order chi connectivity index (χ0) is 16.1. The van der Waals surface area contributed by atoms with Gasteiger partial charge in [0.05, 0.1) is 23.4 Å². The van der Waals surface area contributed by atoms with Gasteiger partial charge in [0, 0.05) is 10.2 Å². The second-order valence-corrected chi connectivity index (χ2v) is 6.00. The lowest BCUT2D eigenvalue weighted by atomic mass is 10.2. The minimum atomic E-state index is -0.381. The van der Waals surface area contributed by atoms with E-state index >= 15 is 0 Å². The van der Waals surface area contributed by atoms with Crippen molar-refractivity contribution in [3.05, 3.63) is 57.5 Å². The Morgan fingerprint density at radius 2 is 1.86 bits per heavy atom. The van der Waals surface area contributed by atoms with Gasteiger partial charge in [0.1, 0.15) is 0 Å². The summed E-state index contributed by atoms with van der Waals surface area (Å²) in [6.07, 6.45) is 0. The average molecular weight is 400 g/mol. The third-order valence-corrected chi connectivity index (χ3v) is 3.75. The van der Waals surface area contributed by atoms with Gasteiger partial charge in [0.25, 0.3) is 0 Å². The zero-order valence-electron chi connectivity index (χ0n) is 11.5. The van der Waals surface area contributed by atoms with Crippen molar-refractivity contribution in [3.63, 3.8) is 0 Å². The van der Waals surface area contributed by atoms with E-state index in [9.17, 15) is 4.79 Å². The molecule has 0 spiro atoms. The van der Waals surface area contributed by atoms with Gasteiger partial charge in [-0.1, -0.05) is 27.5 Å². The molecule has 0 aromatic heterocycles. The standard InChI is InChI=1S/C15H12BrClN2O2S/c1-21-14(20)9-2-5-11(6-3-9)18-15(22)19-13-7-4-10(16)8-12(13)17/h2-8H,1H3,(H2,18,19,22). The van der Waals surface area contributed by atoms with Crippen LogP contribution in [-0.2, 0) is 4.74 Å². The van der Waals surface area contributed by atoms with E-state index in [0.29, 0.717) is 21.4 Å². The highest BCUT2D eigenvalue weighted by Crippen LogP contribution is 2.25. The molecule has 7 heteroatoms. The Labute approximate surface area is 146 Å². The number of carbonyl (C=O) groups excluding carboxylic acids is 1. The molecule has 114 valence electrons. The number of esters is 1. The predicted molar refractivity (Wildman–Crippen MR) is 96.8 cm³/mol. The van der Waals surface area contributed by atoms with Crippen molar-refractivity contribution >= 4 is 62.2 Å². The van der Waals surface area contributed by atoms with Gasteiger partial charge in [0.2, 0.25) is 0 Å². The van der Waals surface area contributed by atoms with Crippen molar-refractivity contribution in [3.8, 4) is 0 Å². The highest BCUT2D eigenvalue weighted by Gasteiger charge is 2.06. The van der Waals surface area contributed by atoms with Crippen LogP contribution in [0.1, 0.15) is 10.4 Å². The SMILES string of the molecule is COC(=O)c1ccc(NC(=S)Nc2ccc(Br)cc2Cl)cc1. The van der Waals surface area contributed by atoms with Crippen LogP contribution in [0.15, 0.2) is 46.9 Å². The molecule has 2 N–H and O–H groups in total. The number of thiocarbonyl (C=S) groups is 1. The number of halogens is 2. The summed E-state index contributed by atoms with van der Waals surface area (Å²) in [6, 6.07) is 12.3. The van der Waals surface area contributed by atoms with E-state index in [-0.39, 0.29) is 5.97 Å². The summed E-state index contributed by atoms with van der Waals surface area (Å²) in [4.78, 5) is 11.4. The molecule has 0 aliphatic carbocycles. The fourth-order valence-electron chi connectivity index (χ4n) is 1.68. The summed E-state index contributed by atoms with van der Waals surface area (Å²) in [5.74, 6) is -0.381. The number of rotatable bonds is 3. The van der Waals surface area contributed by atoms with Crippen molar-refractivity contribution in [1.82, 2.24) is 0 Å². The monoisotopic (exact) mass is 398 g/mol. The van der Waals surface area contributed by atoms with Crippen LogP contribution in [0.4, 0.5) is 11.4 Å². The Morgan fingerprint density at radius 1 is 1.18 bits per heavy atom. The first-order valence-corrected chi connectivity index (χ1v) is 7.79.